The fraction of sp³-hybridized carbons (Fsp3) is 0.833. The van der Waals surface area contributed by atoms with Crippen LogP contribution in [0.3, 0.4) is 0 Å². The Morgan fingerprint density at radius 1 is 1.50 bits per heavy atom. The molecule has 1 unspecified atom stereocenters. The van der Waals surface area contributed by atoms with E-state index in [1.807, 2.05) is 0 Å². The average Bonchev–Trinajstić information content (AvgIpc) is 2.75. The standard InChI is InChI=1S/C12H22N4O2/c1-9(2)16-4-5-17-11(8-16)6-13-7-12-14-10(3)18-15-12/h9,11,13H,4-8H2,1-3H3. The van der Waals surface area contributed by atoms with Crippen LogP contribution in [-0.2, 0) is 11.3 Å². The summed E-state index contributed by atoms with van der Waals surface area (Å²) in [5.74, 6) is 1.30. The molecule has 102 valence electrons. The van der Waals surface area contributed by atoms with Gasteiger partial charge in [0.1, 0.15) is 0 Å². The number of morpholine rings is 1. The summed E-state index contributed by atoms with van der Waals surface area (Å²) >= 11 is 0. The van der Waals surface area contributed by atoms with E-state index in [-0.39, 0.29) is 6.10 Å². The second-order valence-electron chi connectivity index (χ2n) is 4.94. The maximum Gasteiger partial charge on any atom is 0.223 e. The monoisotopic (exact) mass is 254 g/mol. The summed E-state index contributed by atoms with van der Waals surface area (Å²) in [4.78, 5) is 6.58. The molecule has 1 aromatic heterocycles. The van der Waals surface area contributed by atoms with E-state index in [1.165, 1.54) is 0 Å². The minimum atomic E-state index is 0.245. The maximum atomic E-state index is 5.73. The van der Waals surface area contributed by atoms with Gasteiger partial charge in [-0.2, -0.15) is 4.98 Å². The van der Waals surface area contributed by atoms with Crippen LogP contribution >= 0.6 is 0 Å². The largest absolute Gasteiger partial charge is 0.374 e. The van der Waals surface area contributed by atoms with E-state index >= 15 is 0 Å². The summed E-state index contributed by atoms with van der Waals surface area (Å²) in [6.07, 6.45) is 0.245. The van der Waals surface area contributed by atoms with Gasteiger partial charge in [0, 0.05) is 32.6 Å². The van der Waals surface area contributed by atoms with Gasteiger partial charge in [0.15, 0.2) is 5.82 Å². The summed E-state index contributed by atoms with van der Waals surface area (Å²) in [6.45, 7) is 10.5. The summed E-state index contributed by atoms with van der Waals surface area (Å²) in [6, 6.07) is 0.580. The van der Waals surface area contributed by atoms with E-state index in [9.17, 15) is 0 Å². The summed E-state index contributed by atoms with van der Waals surface area (Å²) in [7, 11) is 0. The molecule has 1 aliphatic rings. The summed E-state index contributed by atoms with van der Waals surface area (Å²) < 4.78 is 10.6. The first-order valence-electron chi connectivity index (χ1n) is 6.50. The van der Waals surface area contributed by atoms with E-state index in [0.29, 0.717) is 24.3 Å². The molecule has 2 rings (SSSR count). The molecule has 1 saturated heterocycles. The summed E-state index contributed by atoms with van der Waals surface area (Å²) in [5, 5.41) is 7.15. The van der Waals surface area contributed by atoms with Crippen molar-refractivity contribution in [3.8, 4) is 0 Å². The molecule has 1 aliphatic heterocycles. The Bertz CT molecular complexity index is 367. The van der Waals surface area contributed by atoms with E-state index in [2.05, 4.69) is 34.2 Å². The molecule has 6 nitrogen and oxygen atoms in total. The van der Waals surface area contributed by atoms with Crippen molar-refractivity contribution in [2.45, 2.75) is 39.5 Å². The molecule has 1 fully saturated rings. The third kappa shape index (κ3) is 3.76. The minimum Gasteiger partial charge on any atom is -0.374 e. The maximum absolute atomic E-state index is 5.73. The van der Waals surface area contributed by atoms with Gasteiger partial charge in [-0.25, -0.2) is 0 Å². The quantitative estimate of drug-likeness (QED) is 0.829. The van der Waals surface area contributed by atoms with Gasteiger partial charge in [-0.1, -0.05) is 5.16 Å². The predicted octanol–water partition coefficient (Wildman–Crippen LogP) is 0.577. The zero-order chi connectivity index (χ0) is 13.0. The third-order valence-corrected chi connectivity index (χ3v) is 3.13. The fourth-order valence-electron chi connectivity index (χ4n) is 2.09. The van der Waals surface area contributed by atoms with Crippen LogP contribution in [0.15, 0.2) is 4.52 Å². The van der Waals surface area contributed by atoms with Crippen molar-refractivity contribution >= 4 is 0 Å². The van der Waals surface area contributed by atoms with Gasteiger partial charge in [0.25, 0.3) is 0 Å². The molecule has 18 heavy (non-hydrogen) atoms. The van der Waals surface area contributed by atoms with Crippen LogP contribution in [0.25, 0.3) is 0 Å². The van der Waals surface area contributed by atoms with Gasteiger partial charge >= 0.3 is 0 Å². The first kappa shape index (κ1) is 13.5. The highest BCUT2D eigenvalue weighted by atomic mass is 16.5. The zero-order valence-electron chi connectivity index (χ0n) is 11.3. The molecule has 0 amide bonds. The van der Waals surface area contributed by atoms with Crippen LogP contribution in [0.4, 0.5) is 0 Å². The van der Waals surface area contributed by atoms with Gasteiger partial charge in [0.2, 0.25) is 5.89 Å². The number of aromatic nitrogens is 2. The Kier molecular flexibility index (Phi) is 4.68. The lowest BCUT2D eigenvalue weighted by Crippen LogP contribution is -2.49. The number of rotatable bonds is 5. The Morgan fingerprint density at radius 2 is 2.33 bits per heavy atom. The first-order valence-corrected chi connectivity index (χ1v) is 6.50. The van der Waals surface area contributed by atoms with Crippen molar-refractivity contribution in [3.63, 3.8) is 0 Å². The van der Waals surface area contributed by atoms with Gasteiger partial charge in [-0.3, -0.25) is 4.90 Å². The number of nitrogens with zero attached hydrogens (tertiary/aromatic N) is 3. The van der Waals surface area contributed by atoms with Crippen LogP contribution in [0.5, 0.6) is 0 Å². The van der Waals surface area contributed by atoms with Gasteiger partial charge in [-0.05, 0) is 13.8 Å². The van der Waals surface area contributed by atoms with Crippen LogP contribution in [0, 0.1) is 6.92 Å². The molecule has 0 saturated carbocycles. The van der Waals surface area contributed by atoms with Gasteiger partial charge < -0.3 is 14.6 Å². The SMILES string of the molecule is Cc1nc(CNCC2CN(C(C)C)CCO2)no1. The minimum absolute atomic E-state index is 0.245. The third-order valence-electron chi connectivity index (χ3n) is 3.13. The molecule has 1 N–H and O–H groups in total. The van der Waals surface area contributed by atoms with Crippen LogP contribution in [0.1, 0.15) is 25.6 Å². The lowest BCUT2D eigenvalue weighted by atomic mass is 10.2. The summed E-state index contributed by atoms with van der Waals surface area (Å²) in [5.41, 5.74) is 0. The molecule has 6 heteroatoms. The molecular formula is C12H22N4O2. The van der Waals surface area contributed by atoms with Crippen molar-refractivity contribution in [2.75, 3.05) is 26.2 Å². The van der Waals surface area contributed by atoms with E-state index in [1.54, 1.807) is 6.92 Å². The molecule has 0 bridgehead atoms. The number of hydrogen-bond donors (Lipinski definition) is 1. The van der Waals surface area contributed by atoms with E-state index < -0.39 is 0 Å². The Morgan fingerprint density at radius 3 is 3.00 bits per heavy atom. The van der Waals surface area contributed by atoms with Crippen LogP contribution in [-0.4, -0.2) is 53.4 Å². The molecule has 2 heterocycles. The van der Waals surface area contributed by atoms with E-state index in [4.69, 9.17) is 9.26 Å². The number of aryl methyl sites for hydroxylation is 1. The molecule has 0 radical (unpaired) electrons. The number of nitrogens with one attached hydrogen (secondary N) is 1. The topological polar surface area (TPSA) is 63.4 Å². The second kappa shape index (κ2) is 6.26. The number of ether oxygens (including phenoxy) is 1. The molecule has 1 aromatic rings. The first-order chi connectivity index (χ1) is 8.65. The van der Waals surface area contributed by atoms with Crippen molar-refractivity contribution in [2.24, 2.45) is 0 Å². The molecular weight excluding hydrogens is 232 g/mol. The van der Waals surface area contributed by atoms with Crippen LogP contribution in [0.2, 0.25) is 0 Å². The Labute approximate surface area is 108 Å². The normalized spacial score (nSPS) is 21.7. The smallest absolute Gasteiger partial charge is 0.223 e. The highest BCUT2D eigenvalue weighted by molar-refractivity contribution is 4.84. The molecule has 1 atom stereocenters. The van der Waals surface area contributed by atoms with Gasteiger partial charge in [-0.15, -0.1) is 0 Å². The fourth-order valence-corrected chi connectivity index (χ4v) is 2.09. The Hall–Kier alpha value is -0.980. The van der Waals surface area contributed by atoms with E-state index in [0.717, 1.165) is 26.2 Å². The van der Waals surface area contributed by atoms with Crippen molar-refractivity contribution in [1.29, 1.82) is 0 Å². The zero-order valence-corrected chi connectivity index (χ0v) is 11.3. The van der Waals surface area contributed by atoms with Crippen molar-refractivity contribution in [1.82, 2.24) is 20.4 Å². The lowest BCUT2D eigenvalue weighted by molar-refractivity contribution is -0.0373. The van der Waals surface area contributed by atoms with Crippen LogP contribution < -0.4 is 5.32 Å². The van der Waals surface area contributed by atoms with Crippen molar-refractivity contribution in [3.05, 3.63) is 11.7 Å². The second-order valence-corrected chi connectivity index (χ2v) is 4.94. The highest BCUT2D eigenvalue weighted by Crippen LogP contribution is 2.08. The highest BCUT2D eigenvalue weighted by Gasteiger charge is 2.21. The average molecular weight is 254 g/mol. The van der Waals surface area contributed by atoms with Gasteiger partial charge in [0.05, 0.1) is 19.3 Å². The Balaban J connectivity index is 1.70. The number of hydrogen-bond acceptors (Lipinski definition) is 6. The molecule has 0 spiro atoms. The predicted molar refractivity (Wildman–Crippen MR) is 67.2 cm³/mol. The van der Waals surface area contributed by atoms with Crippen molar-refractivity contribution < 1.29 is 9.26 Å². The molecule has 0 aromatic carbocycles. The lowest BCUT2D eigenvalue weighted by Gasteiger charge is -2.35. The molecule has 0 aliphatic carbocycles.